The summed E-state index contributed by atoms with van der Waals surface area (Å²) in [6.45, 7) is 7.70. The Labute approximate surface area is 188 Å². The second kappa shape index (κ2) is 11.7. The van der Waals surface area contributed by atoms with Crippen molar-refractivity contribution >= 4 is 17.5 Å². The normalized spacial score (nSPS) is 10.6. The van der Waals surface area contributed by atoms with Crippen LogP contribution in [0.3, 0.4) is 0 Å². The van der Waals surface area contributed by atoms with Crippen molar-refractivity contribution in [1.82, 2.24) is 20.2 Å². The first-order valence-electron chi connectivity index (χ1n) is 10.8. The topological polar surface area (TPSA) is 103 Å². The van der Waals surface area contributed by atoms with Gasteiger partial charge in [0.2, 0.25) is 5.95 Å². The Morgan fingerprint density at radius 2 is 1.88 bits per heavy atom. The first kappa shape index (κ1) is 23.1. The van der Waals surface area contributed by atoms with Gasteiger partial charge in [-0.15, -0.1) is 0 Å². The van der Waals surface area contributed by atoms with Gasteiger partial charge < -0.3 is 20.1 Å². The van der Waals surface area contributed by atoms with Crippen LogP contribution in [0.1, 0.15) is 37.8 Å². The maximum absolute atomic E-state index is 12.2. The molecule has 2 aromatic carbocycles. The summed E-state index contributed by atoms with van der Waals surface area (Å²) in [5, 5.41) is 17.9. The Morgan fingerprint density at radius 3 is 2.62 bits per heavy atom. The predicted octanol–water partition coefficient (Wildman–Crippen LogP) is 3.81. The minimum atomic E-state index is -0.235. The maximum atomic E-state index is 12.2. The molecule has 0 spiro atoms. The molecule has 0 atom stereocenters. The summed E-state index contributed by atoms with van der Waals surface area (Å²) in [5.41, 5.74) is 2.85. The van der Waals surface area contributed by atoms with E-state index in [-0.39, 0.29) is 12.5 Å². The number of carbonyl (C=O) groups excluding carboxylic acids is 1. The fourth-order valence-corrected chi connectivity index (χ4v) is 3.00. The minimum Gasteiger partial charge on any atom is -0.490 e. The summed E-state index contributed by atoms with van der Waals surface area (Å²) >= 11 is 0. The fraction of sp³-hybridized carbons (Fsp3) is 0.391. The predicted molar refractivity (Wildman–Crippen MR) is 123 cm³/mol. The zero-order valence-electron chi connectivity index (χ0n) is 18.8. The molecule has 3 aromatic rings. The number of benzene rings is 2. The summed E-state index contributed by atoms with van der Waals surface area (Å²) in [6.07, 6.45) is 2.08. The molecule has 32 heavy (non-hydrogen) atoms. The number of amides is 1. The van der Waals surface area contributed by atoms with Crippen LogP contribution in [0.2, 0.25) is 0 Å². The maximum Gasteiger partial charge on any atom is 0.262 e. The highest BCUT2D eigenvalue weighted by Gasteiger charge is 2.11. The Bertz CT molecular complexity index is 1000. The van der Waals surface area contributed by atoms with E-state index in [0.717, 1.165) is 36.2 Å². The molecule has 3 rings (SSSR count). The van der Waals surface area contributed by atoms with E-state index < -0.39 is 0 Å². The van der Waals surface area contributed by atoms with Crippen molar-refractivity contribution in [1.29, 1.82) is 0 Å². The first-order valence-corrected chi connectivity index (χ1v) is 10.8. The molecule has 0 aliphatic carbocycles. The van der Waals surface area contributed by atoms with Gasteiger partial charge in [0.15, 0.2) is 18.1 Å². The van der Waals surface area contributed by atoms with E-state index in [1.54, 1.807) is 10.7 Å². The van der Waals surface area contributed by atoms with Gasteiger partial charge in [0.25, 0.3) is 5.91 Å². The molecule has 0 aliphatic rings. The van der Waals surface area contributed by atoms with E-state index in [1.165, 1.54) is 0 Å². The van der Waals surface area contributed by atoms with Crippen molar-refractivity contribution in [3.8, 4) is 11.5 Å². The highest BCUT2D eigenvalue weighted by atomic mass is 16.5. The number of carbonyl (C=O) groups is 1. The molecule has 0 aliphatic heterocycles. The molecule has 0 saturated carbocycles. The van der Waals surface area contributed by atoms with E-state index in [9.17, 15) is 4.79 Å². The largest absolute Gasteiger partial charge is 0.490 e. The zero-order valence-corrected chi connectivity index (χ0v) is 18.8. The number of anilines is 2. The summed E-state index contributed by atoms with van der Waals surface area (Å²) < 4.78 is 13.2. The van der Waals surface area contributed by atoms with E-state index >= 15 is 0 Å². The molecule has 0 radical (unpaired) electrons. The van der Waals surface area contributed by atoms with Crippen LogP contribution in [-0.2, 0) is 17.9 Å². The summed E-state index contributed by atoms with van der Waals surface area (Å²) in [5.74, 6) is 1.49. The number of nitrogens with zero attached hydrogens (tertiary/aromatic N) is 4. The van der Waals surface area contributed by atoms with Gasteiger partial charge in [-0.25, -0.2) is 4.68 Å². The van der Waals surface area contributed by atoms with Crippen LogP contribution in [0.25, 0.3) is 0 Å². The number of tetrazole rings is 1. The third kappa shape index (κ3) is 6.69. The lowest BCUT2D eigenvalue weighted by molar-refractivity contribution is -0.118. The number of rotatable bonds is 12. The Kier molecular flexibility index (Phi) is 8.42. The molecule has 9 heteroatoms. The highest BCUT2D eigenvalue weighted by Crippen LogP contribution is 2.29. The number of aryl methyl sites for hydroxylation is 2. The average Bonchev–Trinajstić information content (AvgIpc) is 3.24. The van der Waals surface area contributed by atoms with Crippen molar-refractivity contribution in [3.05, 3.63) is 53.6 Å². The second-order valence-corrected chi connectivity index (χ2v) is 7.35. The van der Waals surface area contributed by atoms with Crippen LogP contribution in [-0.4, -0.2) is 39.3 Å². The average molecular weight is 439 g/mol. The van der Waals surface area contributed by atoms with Crippen molar-refractivity contribution in [2.75, 3.05) is 23.8 Å². The molecule has 1 amide bonds. The standard InChI is InChI=1S/C23H30N6O3/c1-4-6-13-29-23(26-27-28-29)24-15-18-9-12-20(21(14-18)31-5-2)32-16-22(30)25-19-10-7-17(3)8-11-19/h7-12,14H,4-6,13,15-16H2,1-3H3,(H,25,30)(H,24,26,28). The smallest absolute Gasteiger partial charge is 0.262 e. The molecular formula is C23H30N6O3. The van der Waals surface area contributed by atoms with Crippen LogP contribution in [0.4, 0.5) is 11.6 Å². The van der Waals surface area contributed by atoms with Gasteiger partial charge in [-0.05, 0) is 60.5 Å². The minimum absolute atomic E-state index is 0.113. The van der Waals surface area contributed by atoms with Crippen molar-refractivity contribution in [2.45, 2.75) is 46.7 Å². The lowest BCUT2D eigenvalue weighted by Crippen LogP contribution is -2.20. The molecule has 0 bridgehead atoms. The molecular weight excluding hydrogens is 408 g/mol. The summed E-state index contributed by atoms with van der Waals surface area (Å²) in [6, 6.07) is 13.2. The number of ether oxygens (including phenoxy) is 2. The summed E-state index contributed by atoms with van der Waals surface area (Å²) in [7, 11) is 0. The van der Waals surface area contributed by atoms with Crippen LogP contribution in [0.15, 0.2) is 42.5 Å². The number of unbranched alkanes of at least 4 members (excludes halogenated alkanes) is 1. The van der Waals surface area contributed by atoms with Gasteiger partial charge in [-0.1, -0.05) is 42.2 Å². The van der Waals surface area contributed by atoms with Crippen molar-refractivity contribution < 1.29 is 14.3 Å². The van der Waals surface area contributed by atoms with Gasteiger partial charge in [-0.3, -0.25) is 4.79 Å². The number of aromatic nitrogens is 4. The summed E-state index contributed by atoms with van der Waals surface area (Å²) in [4.78, 5) is 12.2. The second-order valence-electron chi connectivity index (χ2n) is 7.35. The molecule has 1 heterocycles. The molecule has 170 valence electrons. The number of hydrogen-bond donors (Lipinski definition) is 2. The molecule has 9 nitrogen and oxygen atoms in total. The Balaban J connectivity index is 1.58. The van der Waals surface area contributed by atoms with Crippen molar-refractivity contribution in [2.24, 2.45) is 0 Å². The highest BCUT2D eigenvalue weighted by molar-refractivity contribution is 5.91. The van der Waals surface area contributed by atoms with Gasteiger partial charge >= 0.3 is 0 Å². The molecule has 0 fully saturated rings. The van der Waals surface area contributed by atoms with Crippen molar-refractivity contribution in [3.63, 3.8) is 0 Å². The first-order chi connectivity index (χ1) is 15.6. The molecule has 0 saturated heterocycles. The van der Waals surface area contributed by atoms with Crippen LogP contribution in [0.5, 0.6) is 11.5 Å². The number of hydrogen-bond acceptors (Lipinski definition) is 7. The van der Waals surface area contributed by atoms with Gasteiger partial charge in [0.1, 0.15) is 0 Å². The number of nitrogens with one attached hydrogen (secondary N) is 2. The fourth-order valence-electron chi connectivity index (χ4n) is 3.00. The Hall–Kier alpha value is -3.62. The zero-order chi connectivity index (χ0) is 22.8. The van der Waals surface area contributed by atoms with Gasteiger partial charge in [0, 0.05) is 18.8 Å². The van der Waals surface area contributed by atoms with Crippen LogP contribution >= 0.6 is 0 Å². The quantitative estimate of drug-likeness (QED) is 0.443. The SMILES string of the molecule is CCCCn1nnnc1NCc1ccc(OCC(=O)Nc2ccc(C)cc2)c(OCC)c1. The van der Waals surface area contributed by atoms with E-state index in [4.69, 9.17) is 9.47 Å². The van der Waals surface area contributed by atoms with Crippen LogP contribution < -0.4 is 20.1 Å². The lowest BCUT2D eigenvalue weighted by Gasteiger charge is -2.14. The van der Waals surface area contributed by atoms with Gasteiger partial charge in [-0.2, -0.15) is 0 Å². The monoisotopic (exact) mass is 438 g/mol. The van der Waals surface area contributed by atoms with Gasteiger partial charge in [0.05, 0.1) is 6.61 Å². The lowest BCUT2D eigenvalue weighted by atomic mass is 10.2. The van der Waals surface area contributed by atoms with Crippen LogP contribution in [0, 0.1) is 6.92 Å². The molecule has 2 N–H and O–H groups in total. The van der Waals surface area contributed by atoms with E-state index in [2.05, 4.69) is 33.1 Å². The Morgan fingerprint density at radius 1 is 1.06 bits per heavy atom. The molecule has 1 aromatic heterocycles. The van der Waals surface area contributed by atoms with E-state index in [1.807, 2.05) is 50.2 Å². The molecule has 0 unspecified atom stereocenters. The third-order valence-corrected chi connectivity index (χ3v) is 4.71. The third-order valence-electron chi connectivity index (χ3n) is 4.71. The van der Waals surface area contributed by atoms with E-state index in [0.29, 0.717) is 30.6 Å².